The lowest BCUT2D eigenvalue weighted by molar-refractivity contribution is -0.0166. The van der Waals surface area contributed by atoms with Crippen LogP contribution in [0.25, 0.3) is 0 Å². The molecule has 3 N–H and O–H groups in total. The Balaban J connectivity index is 1.57. The molecule has 0 unspecified atom stereocenters. The smallest absolute Gasteiger partial charge is 0.255 e. The standard InChI is InChI=1S/C16H21N3O/c17-14-1-2-18-9-13(14)15(20)19-16-6-10-3-11(7-16)5-12(4-10)8-16/h1-2,9-12H,3-8H2,(H2,17,18)(H,19,20). The van der Waals surface area contributed by atoms with E-state index in [0.717, 1.165) is 37.0 Å². The van der Waals surface area contributed by atoms with Gasteiger partial charge >= 0.3 is 0 Å². The molecule has 1 heterocycles. The van der Waals surface area contributed by atoms with Gasteiger partial charge in [0.2, 0.25) is 0 Å². The van der Waals surface area contributed by atoms with Crippen LogP contribution in [0.5, 0.6) is 0 Å². The van der Waals surface area contributed by atoms with E-state index in [0.29, 0.717) is 11.3 Å². The summed E-state index contributed by atoms with van der Waals surface area (Å²) < 4.78 is 0. The zero-order valence-corrected chi connectivity index (χ0v) is 11.6. The summed E-state index contributed by atoms with van der Waals surface area (Å²) in [6, 6.07) is 1.69. The minimum absolute atomic E-state index is 0.0358. The quantitative estimate of drug-likeness (QED) is 0.867. The van der Waals surface area contributed by atoms with Crippen molar-refractivity contribution in [1.29, 1.82) is 0 Å². The Kier molecular flexibility index (Phi) is 2.56. The second-order valence-electron chi connectivity index (χ2n) is 7.11. The Morgan fingerprint density at radius 2 is 1.80 bits per heavy atom. The van der Waals surface area contributed by atoms with Gasteiger partial charge in [-0.2, -0.15) is 0 Å². The van der Waals surface area contributed by atoms with Crippen molar-refractivity contribution in [1.82, 2.24) is 10.3 Å². The lowest BCUT2D eigenvalue weighted by Gasteiger charge is -2.56. The van der Waals surface area contributed by atoms with E-state index < -0.39 is 0 Å². The number of amides is 1. The zero-order chi connectivity index (χ0) is 13.7. The Hall–Kier alpha value is -1.58. The molecule has 4 aliphatic carbocycles. The van der Waals surface area contributed by atoms with Crippen molar-refractivity contribution in [2.24, 2.45) is 17.8 Å². The van der Waals surface area contributed by atoms with Crippen molar-refractivity contribution in [3.8, 4) is 0 Å². The Labute approximate surface area is 119 Å². The summed E-state index contributed by atoms with van der Waals surface area (Å²) in [6.45, 7) is 0. The van der Waals surface area contributed by atoms with Crippen LogP contribution < -0.4 is 11.1 Å². The molecule has 4 fully saturated rings. The van der Waals surface area contributed by atoms with Crippen LogP contribution in [0.15, 0.2) is 18.5 Å². The Morgan fingerprint density at radius 3 is 2.35 bits per heavy atom. The minimum atomic E-state index is -0.0439. The molecule has 1 aromatic rings. The van der Waals surface area contributed by atoms with E-state index in [1.54, 1.807) is 18.5 Å². The van der Waals surface area contributed by atoms with E-state index in [9.17, 15) is 4.79 Å². The number of anilines is 1. The van der Waals surface area contributed by atoms with Crippen molar-refractivity contribution in [2.75, 3.05) is 5.73 Å². The topological polar surface area (TPSA) is 68.0 Å². The highest BCUT2D eigenvalue weighted by Gasteiger charge is 2.51. The number of rotatable bonds is 2. The number of aromatic nitrogens is 1. The SMILES string of the molecule is Nc1ccncc1C(=O)NC12CC3CC(CC(C3)C1)C2. The first-order valence-corrected chi connectivity index (χ1v) is 7.65. The summed E-state index contributed by atoms with van der Waals surface area (Å²) in [5, 5.41) is 3.32. The zero-order valence-electron chi connectivity index (χ0n) is 11.6. The van der Waals surface area contributed by atoms with Crippen LogP contribution >= 0.6 is 0 Å². The summed E-state index contributed by atoms with van der Waals surface area (Å²) in [6.07, 6.45) is 10.8. The molecule has 5 rings (SSSR count). The van der Waals surface area contributed by atoms with Crippen molar-refractivity contribution in [3.63, 3.8) is 0 Å². The highest BCUT2D eigenvalue weighted by molar-refractivity contribution is 5.99. The molecule has 1 amide bonds. The third kappa shape index (κ3) is 1.89. The van der Waals surface area contributed by atoms with E-state index in [-0.39, 0.29) is 11.4 Å². The second-order valence-corrected chi connectivity index (χ2v) is 7.11. The summed E-state index contributed by atoms with van der Waals surface area (Å²) in [7, 11) is 0. The van der Waals surface area contributed by atoms with Gasteiger partial charge < -0.3 is 11.1 Å². The van der Waals surface area contributed by atoms with E-state index in [4.69, 9.17) is 5.73 Å². The van der Waals surface area contributed by atoms with Gasteiger partial charge in [-0.15, -0.1) is 0 Å². The van der Waals surface area contributed by atoms with Gasteiger partial charge in [-0.25, -0.2) is 0 Å². The van der Waals surface area contributed by atoms with Crippen LogP contribution in [0, 0.1) is 17.8 Å². The first kappa shape index (κ1) is 12.2. The largest absolute Gasteiger partial charge is 0.398 e. The van der Waals surface area contributed by atoms with E-state index in [2.05, 4.69) is 10.3 Å². The first-order valence-electron chi connectivity index (χ1n) is 7.65. The Bertz CT molecular complexity index is 519. The molecular weight excluding hydrogens is 250 g/mol. The van der Waals surface area contributed by atoms with Crippen molar-refractivity contribution in [3.05, 3.63) is 24.0 Å². The van der Waals surface area contributed by atoms with Gasteiger partial charge in [-0.3, -0.25) is 9.78 Å². The van der Waals surface area contributed by atoms with E-state index >= 15 is 0 Å². The number of nitrogen functional groups attached to an aromatic ring is 1. The third-order valence-electron chi connectivity index (χ3n) is 5.52. The molecule has 1 aromatic heterocycles. The van der Waals surface area contributed by atoms with Crippen LogP contribution in [0.2, 0.25) is 0 Å². The fourth-order valence-electron chi connectivity index (χ4n) is 5.17. The van der Waals surface area contributed by atoms with Crippen LogP contribution in [-0.4, -0.2) is 16.4 Å². The van der Waals surface area contributed by atoms with E-state index in [1.807, 2.05) is 0 Å². The number of nitrogens with one attached hydrogen (secondary N) is 1. The number of nitrogens with two attached hydrogens (primary N) is 1. The molecule has 0 aliphatic heterocycles. The molecule has 4 bridgehead atoms. The van der Waals surface area contributed by atoms with Gasteiger partial charge in [0.15, 0.2) is 0 Å². The van der Waals surface area contributed by atoms with E-state index in [1.165, 1.54) is 19.3 Å². The maximum absolute atomic E-state index is 12.5. The molecule has 20 heavy (non-hydrogen) atoms. The van der Waals surface area contributed by atoms with Gasteiger partial charge in [-0.1, -0.05) is 0 Å². The monoisotopic (exact) mass is 271 g/mol. The molecule has 4 nitrogen and oxygen atoms in total. The number of carbonyl (C=O) groups excluding carboxylic acids is 1. The van der Waals surface area contributed by atoms with Crippen LogP contribution in [0.3, 0.4) is 0 Å². The number of hydrogen-bond donors (Lipinski definition) is 2. The summed E-state index contributed by atoms with van der Waals surface area (Å²) >= 11 is 0. The van der Waals surface area contributed by atoms with Crippen molar-refractivity contribution < 1.29 is 4.79 Å². The highest BCUT2D eigenvalue weighted by Crippen LogP contribution is 2.55. The molecule has 0 radical (unpaired) electrons. The maximum Gasteiger partial charge on any atom is 0.255 e. The van der Waals surface area contributed by atoms with Crippen LogP contribution in [0.1, 0.15) is 48.9 Å². The normalized spacial score (nSPS) is 37.9. The van der Waals surface area contributed by atoms with Gasteiger partial charge in [0, 0.05) is 23.6 Å². The molecule has 0 spiro atoms. The first-order chi connectivity index (χ1) is 9.63. The minimum Gasteiger partial charge on any atom is -0.398 e. The predicted octanol–water partition coefficient (Wildman–Crippen LogP) is 2.36. The fraction of sp³-hybridized carbons (Fsp3) is 0.625. The average Bonchev–Trinajstić information content (AvgIpc) is 2.36. The number of pyridine rings is 1. The third-order valence-corrected chi connectivity index (χ3v) is 5.52. The molecule has 4 saturated carbocycles. The highest BCUT2D eigenvalue weighted by atomic mass is 16.1. The molecule has 106 valence electrons. The summed E-state index contributed by atoms with van der Waals surface area (Å²) in [4.78, 5) is 16.5. The molecule has 0 aromatic carbocycles. The van der Waals surface area contributed by atoms with Gasteiger partial charge in [-0.05, 0) is 62.3 Å². The predicted molar refractivity (Wildman–Crippen MR) is 77.0 cm³/mol. The molecule has 4 aliphatic rings. The van der Waals surface area contributed by atoms with Gasteiger partial charge in [0.05, 0.1) is 5.56 Å². The second kappa shape index (κ2) is 4.21. The van der Waals surface area contributed by atoms with Crippen molar-refractivity contribution >= 4 is 11.6 Å². The number of nitrogens with zero attached hydrogens (tertiary/aromatic N) is 1. The van der Waals surface area contributed by atoms with Crippen LogP contribution in [0.4, 0.5) is 5.69 Å². The lowest BCUT2D eigenvalue weighted by atomic mass is 9.53. The maximum atomic E-state index is 12.5. The van der Waals surface area contributed by atoms with Crippen LogP contribution in [-0.2, 0) is 0 Å². The average molecular weight is 271 g/mol. The summed E-state index contributed by atoms with van der Waals surface area (Å²) in [5.41, 5.74) is 6.96. The molecule has 0 atom stereocenters. The molecular formula is C16H21N3O. The van der Waals surface area contributed by atoms with Gasteiger partial charge in [0.1, 0.15) is 0 Å². The number of hydrogen-bond acceptors (Lipinski definition) is 3. The molecule has 4 heteroatoms. The Morgan fingerprint density at radius 1 is 1.20 bits per heavy atom. The molecule has 0 saturated heterocycles. The lowest BCUT2D eigenvalue weighted by Crippen LogP contribution is -2.59. The number of carbonyl (C=O) groups is 1. The summed E-state index contributed by atoms with van der Waals surface area (Å²) in [5.74, 6) is 2.44. The fourth-order valence-corrected chi connectivity index (χ4v) is 5.17. The van der Waals surface area contributed by atoms with Gasteiger partial charge in [0.25, 0.3) is 5.91 Å². The van der Waals surface area contributed by atoms with Crippen molar-refractivity contribution in [2.45, 2.75) is 44.1 Å².